The van der Waals surface area contributed by atoms with Crippen molar-refractivity contribution in [3.63, 3.8) is 0 Å². The van der Waals surface area contributed by atoms with Crippen molar-refractivity contribution in [1.82, 2.24) is 0 Å². The number of aliphatic hydroxyl groups is 1. The Morgan fingerprint density at radius 3 is 1.67 bits per heavy atom. The van der Waals surface area contributed by atoms with E-state index >= 15 is 0 Å². The predicted octanol–water partition coefficient (Wildman–Crippen LogP) is 3.03. The summed E-state index contributed by atoms with van der Waals surface area (Å²) in [4.78, 5) is 11.4. The molecule has 0 aliphatic heterocycles. The van der Waals surface area contributed by atoms with Crippen LogP contribution in [0.15, 0.2) is 54.6 Å². The molecule has 110 valence electrons. The minimum atomic E-state index is -4.52. The van der Waals surface area contributed by atoms with Gasteiger partial charge >= 0.3 is 12.1 Å². The van der Waals surface area contributed by atoms with Gasteiger partial charge in [0.1, 0.15) is 0 Å². The quantitative estimate of drug-likeness (QED) is 0.915. The first-order valence-electron chi connectivity index (χ1n) is 5.95. The van der Waals surface area contributed by atoms with Crippen LogP contribution in [0.25, 0.3) is 0 Å². The lowest BCUT2D eigenvalue weighted by molar-refractivity contribution is -0.155. The van der Waals surface area contributed by atoms with E-state index in [1.54, 1.807) is 6.07 Å². The number of rotatable bonds is 3. The lowest BCUT2D eigenvalue weighted by Gasteiger charge is -2.24. The van der Waals surface area contributed by atoms with Crippen molar-refractivity contribution < 1.29 is 28.2 Å². The molecule has 0 aliphatic carbocycles. The van der Waals surface area contributed by atoms with E-state index in [4.69, 9.17) is 0 Å². The molecule has 0 aromatic heterocycles. The molecular formula is C15H11F3O3. The van der Waals surface area contributed by atoms with Crippen molar-refractivity contribution in [3.05, 3.63) is 71.3 Å². The highest BCUT2D eigenvalue weighted by molar-refractivity contribution is 5.83. The molecule has 1 atom stereocenters. The Hall–Kier alpha value is -2.34. The fourth-order valence-corrected chi connectivity index (χ4v) is 1.99. The zero-order valence-corrected chi connectivity index (χ0v) is 10.6. The first kappa shape index (κ1) is 15.1. The minimum Gasteiger partial charge on any atom is -0.479 e. The molecule has 0 spiro atoms. The topological polar surface area (TPSA) is 57.5 Å². The highest BCUT2D eigenvalue weighted by Gasteiger charge is 2.40. The van der Waals surface area contributed by atoms with Crippen molar-refractivity contribution in [2.24, 2.45) is 0 Å². The molecule has 2 aromatic rings. The van der Waals surface area contributed by atoms with Gasteiger partial charge in [-0.05, 0) is 23.3 Å². The molecule has 0 radical (unpaired) electrons. The average Bonchev–Trinajstić information content (AvgIpc) is 2.46. The second-order valence-corrected chi connectivity index (χ2v) is 4.46. The van der Waals surface area contributed by atoms with Gasteiger partial charge in [-0.2, -0.15) is 13.2 Å². The maximum Gasteiger partial charge on any atom is 0.416 e. The summed E-state index contributed by atoms with van der Waals surface area (Å²) < 4.78 is 37.6. The van der Waals surface area contributed by atoms with E-state index in [1.165, 1.54) is 24.3 Å². The molecule has 1 unspecified atom stereocenters. The molecule has 0 bridgehead atoms. The van der Waals surface area contributed by atoms with Gasteiger partial charge in [0.05, 0.1) is 5.56 Å². The largest absolute Gasteiger partial charge is 0.479 e. The van der Waals surface area contributed by atoms with Crippen LogP contribution in [0.2, 0.25) is 0 Å². The normalized spacial score (nSPS) is 14.5. The Morgan fingerprint density at radius 1 is 0.810 bits per heavy atom. The Labute approximate surface area is 118 Å². The standard InChI is InChI=1S/C15H11F3O3/c16-15(17,18)12-8-6-11(7-9-12)14(21,13(19)20)10-4-2-1-3-5-10/h1-9,21H,(H,19,20). The van der Waals surface area contributed by atoms with Gasteiger partial charge in [0.15, 0.2) is 0 Å². The zero-order chi connectivity index (χ0) is 15.7. The lowest BCUT2D eigenvalue weighted by atomic mass is 9.86. The third kappa shape index (κ3) is 2.75. The molecule has 3 nitrogen and oxygen atoms in total. The van der Waals surface area contributed by atoms with Crippen molar-refractivity contribution >= 4 is 5.97 Å². The summed E-state index contributed by atoms with van der Waals surface area (Å²) in [5.41, 5.74) is -3.38. The summed E-state index contributed by atoms with van der Waals surface area (Å²) in [5.74, 6) is -1.56. The highest BCUT2D eigenvalue weighted by atomic mass is 19.4. The summed E-state index contributed by atoms with van der Waals surface area (Å²) in [7, 11) is 0. The Kier molecular flexibility index (Phi) is 3.74. The van der Waals surface area contributed by atoms with Crippen LogP contribution in [-0.4, -0.2) is 16.2 Å². The SMILES string of the molecule is O=C(O)C(O)(c1ccccc1)c1ccc(C(F)(F)F)cc1. The summed E-state index contributed by atoms with van der Waals surface area (Å²) >= 11 is 0. The van der Waals surface area contributed by atoms with Crippen LogP contribution in [0.4, 0.5) is 13.2 Å². The average molecular weight is 296 g/mol. The first-order valence-corrected chi connectivity index (χ1v) is 5.95. The molecular weight excluding hydrogens is 285 g/mol. The van der Waals surface area contributed by atoms with E-state index in [0.29, 0.717) is 0 Å². The maximum atomic E-state index is 12.5. The number of hydrogen-bond donors (Lipinski definition) is 2. The summed E-state index contributed by atoms with van der Waals surface area (Å²) in [6, 6.07) is 10.9. The summed E-state index contributed by atoms with van der Waals surface area (Å²) in [6.07, 6.45) is -4.52. The fourth-order valence-electron chi connectivity index (χ4n) is 1.99. The molecule has 6 heteroatoms. The van der Waals surface area contributed by atoms with E-state index < -0.39 is 23.3 Å². The van der Waals surface area contributed by atoms with E-state index in [2.05, 4.69) is 0 Å². The Morgan fingerprint density at radius 2 is 1.24 bits per heavy atom. The maximum absolute atomic E-state index is 12.5. The Balaban J connectivity index is 2.52. The van der Waals surface area contributed by atoms with Crippen LogP contribution >= 0.6 is 0 Å². The number of halogens is 3. The van der Waals surface area contributed by atoms with E-state index in [9.17, 15) is 28.2 Å². The molecule has 0 amide bonds. The van der Waals surface area contributed by atoms with Crippen LogP contribution < -0.4 is 0 Å². The minimum absolute atomic E-state index is 0.0669. The molecule has 0 aliphatic rings. The van der Waals surface area contributed by atoms with Gasteiger partial charge in [0.2, 0.25) is 5.60 Å². The van der Waals surface area contributed by atoms with Crippen molar-refractivity contribution in [2.75, 3.05) is 0 Å². The predicted molar refractivity (Wildman–Crippen MR) is 68.5 cm³/mol. The third-order valence-corrected chi connectivity index (χ3v) is 3.13. The van der Waals surface area contributed by atoms with E-state index in [0.717, 1.165) is 24.3 Å². The van der Waals surface area contributed by atoms with Crippen molar-refractivity contribution in [1.29, 1.82) is 0 Å². The van der Waals surface area contributed by atoms with Crippen LogP contribution in [0.3, 0.4) is 0 Å². The second kappa shape index (κ2) is 5.21. The second-order valence-electron chi connectivity index (χ2n) is 4.46. The number of carbonyl (C=O) groups is 1. The lowest BCUT2D eigenvalue weighted by Crippen LogP contribution is -2.36. The molecule has 2 aromatic carbocycles. The first-order chi connectivity index (χ1) is 9.76. The number of carboxylic acids is 1. The number of alkyl halides is 3. The molecule has 2 N–H and O–H groups in total. The molecule has 0 saturated carbocycles. The van der Waals surface area contributed by atoms with Crippen LogP contribution in [-0.2, 0) is 16.6 Å². The zero-order valence-electron chi connectivity index (χ0n) is 10.6. The highest BCUT2D eigenvalue weighted by Crippen LogP contribution is 2.33. The summed E-state index contributed by atoms with van der Waals surface area (Å²) in [6.45, 7) is 0. The van der Waals surface area contributed by atoms with Gasteiger partial charge in [-0.25, -0.2) is 4.79 Å². The van der Waals surface area contributed by atoms with Crippen LogP contribution in [0.5, 0.6) is 0 Å². The smallest absolute Gasteiger partial charge is 0.416 e. The van der Waals surface area contributed by atoms with Crippen molar-refractivity contribution in [2.45, 2.75) is 11.8 Å². The van der Waals surface area contributed by atoms with Gasteiger partial charge in [0.25, 0.3) is 0 Å². The van der Waals surface area contributed by atoms with Gasteiger partial charge in [0, 0.05) is 0 Å². The molecule has 0 saturated heterocycles. The molecule has 0 fully saturated rings. The van der Waals surface area contributed by atoms with Crippen molar-refractivity contribution in [3.8, 4) is 0 Å². The van der Waals surface area contributed by atoms with Gasteiger partial charge < -0.3 is 10.2 Å². The number of aliphatic carboxylic acids is 1. The molecule has 0 heterocycles. The number of benzene rings is 2. The van der Waals surface area contributed by atoms with Crippen LogP contribution in [0.1, 0.15) is 16.7 Å². The van der Waals surface area contributed by atoms with Gasteiger partial charge in [-0.1, -0.05) is 42.5 Å². The van der Waals surface area contributed by atoms with E-state index in [-0.39, 0.29) is 11.1 Å². The molecule has 2 rings (SSSR count). The molecule has 21 heavy (non-hydrogen) atoms. The monoisotopic (exact) mass is 296 g/mol. The fraction of sp³-hybridized carbons (Fsp3) is 0.133. The van der Waals surface area contributed by atoms with Gasteiger partial charge in [-0.3, -0.25) is 0 Å². The van der Waals surface area contributed by atoms with E-state index in [1.807, 2.05) is 0 Å². The number of hydrogen-bond acceptors (Lipinski definition) is 2. The summed E-state index contributed by atoms with van der Waals surface area (Å²) in [5, 5.41) is 19.7. The van der Waals surface area contributed by atoms with Crippen LogP contribution in [0, 0.1) is 0 Å². The van der Waals surface area contributed by atoms with Gasteiger partial charge in [-0.15, -0.1) is 0 Å². The number of carboxylic acid groups (broad SMARTS) is 1. The Bertz CT molecular complexity index is 635. The third-order valence-electron chi connectivity index (χ3n) is 3.13.